The van der Waals surface area contributed by atoms with E-state index < -0.39 is 0 Å². The van der Waals surface area contributed by atoms with Gasteiger partial charge in [-0.1, -0.05) is 43.6 Å². The van der Waals surface area contributed by atoms with Crippen molar-refractivity contribution in [2.75, 3.05) is 7.05 Å². The molecule has 0 saturated carbocycles. The van der Waals surface area contributed by atoms with E-state index in [0.717, 1.165) is 10.6 Å². The van der Waals surface area contributed by atoms with Gasteiger partial charge in [-0.05, 0) is 24.6 Å². The van der Waals surface area contributed by atoms with Gasteiger partial charge in [0, 0.05) is 18.0 Å². The summed E-state index contributed by atoms with van der Waals surface area (Å²) in [6, 6.07) is 8.17. The smallest absolute Gasteiger partial charge is 0.230 e. The molecule has 1 heterocycles. The number of halogens is 1. The number of aryl methyl sites for hydroxylation is 1. The van der Waals surface area contributed by atoms with E-state index >= 15 is 0 Å². The standard InChI is InChI=1S/C15H20ClN3O/c1-10(2)15(12-7-5-6-8-13(12)16)19(4)9-14-18-17-11(3)20-14/h5-8,10,15H,9H2,1-4H3/t15-/m0/s1. The number of benzene rings is 1. The first-order valence-electron chi connectivity index (χ1n) is 6.72. The lowest BCUT2D eigenvalue weighted by atomic mass is 9.94. The molecule has 0 bridgehead atoms. The summed E-state index contributed by atoms with van der Waals surface area (Å²) in [6.07, 6.45) is 0. The molecule has 0 spiro atoms. The summed E-state index contributed by atoms with van der Waals surface area (Å²) in [7, 11) is 2.05. The molecule has 5 heteroatoms. The van der Waals surface area contributed by atoms with E-state index in [-0.39, 0.29) is 6.04 Å². The summed E-state index contributed by atoms with van der Waals surface area (Å²) in [4.78, 5) is 2.19. The molecule has 1 aromatic heterocycles. The third-order valence-electron chi connectivity index (χ3n) is 3.28. The average molecular weight is 294 g/mol. The van der Waals surface area contributed by atoms with Gasteiger partial charge in [0.25, 0.3) is 0 Å². The normalized spacial score (nSPS) is 13.2. The fourth-order valence-corrected chi connectivity index (χ4v) is 2.78. The number of aromatic nitrogens is 2. The largest absolute Gasteiger partial charge is 0.424 e. The molecule has 0 fully saturated rings. The van der Waals surface area contributed by atoms with Gasteiger partial charge < -0.3 is 4.42 Å². The van der Waals surface area contributed by atoms with Crippen LogP contribution in [0.1, 0.15) is 37.2 Å². The highest BCUT2D eigenvalue weighted by molar-refractivity contribution is 6.31. The van der Waals surface area contributed by atoms with Gasteiger partial charge in [0.1, 0.15) is 0 Å². The van der Waals surface area contributed by atoms with Crippen molar-refractivity contribution in [3.63, 3.8) is 0 Å². The maximum atomic E-state index is 6.34. The molecule has 20 heavy (non-hydrogen) atoms. The summed E-state index contributed by atoms with van der Waals surface area (Å²) in [5, 5.41) is 8.71. The van der Waals surface area contributed by atoms with Crippen LogP contribution < -0.4 is 0 Å². The van der Waals surface area contributed by atoms with E-state index in [1.54, 1.807) is 6.92 Å². The molecular formula is C15H20ClN3O. The average Bonchev–Trinajstić information content (AvgIpc) is 2.77. The van der Waals surface area contributed by atoms with Crippen LogP contribution in [0.5, 0.6) is 0 Å². The third kappa shape index (κ3) is 3.38. The number of hydrogen-bond acceptors (Lipinski definition) is 4. The molecule has 0 aliphatic carbocycles. The lowest BCUT2D eigenvalue weighted by molar-refractivity contribution is 0.170. The Morgan fingerprint density at radius 3 is 2.50 bits per heavy atom. The van der Waals surface area contributed by atoms with Crippen molar-refractivity contribution in [1.29, 1.82) is 0 Å². The second kappa shape index (κ2) is 6.37. The Bertz CT molecular complexity index is 568. The molecule has 1 aromatic carbocycles. The van der Waals surface area contributed by atoms with Crippen LogP contribution in [0.15, 0.2) is 28.7 Å². The highest BCUT2D eigenvalue weighted by atomic mass is 35.5. The Morgan fingerprint density at radius 2 is 1.95 bits per heavy atom. The predicted molar refractivity (Wildman–Crippen MR) is 79.5 cm³/mol. The second-order valence-corrected chi connectivity index (χ2v) is 5.75. The fraction of sp³-hybridized carbons (Fsp3) is 0.467. The molecular weight excluding hydrogens is 274 g/mol. The van der Waals surface area contributed by atoms with Gasteiger partial charge in [-0.3, -0.25) is 4.90 Å². The predicted octanol–water partition coefficient (Wildman–Crippen LogP) is 3.86. The number of hydrogen-bond donors (Lipinski definition) is 0. The summed E-state index contributed by atoms with van der Waals surface area (Å²) in [5.74, 6) is 1.64. The minimum Gasteiger partial charge on any atom is -0.424 e. The second-order valence-electron chi connectivity index (χ2n) is 5.34. The molecule has 0 saturated heterocycles. The van der Waals surface area contributed by atoms with Gasteiger partial charge in [-0.15, -0.1) is 10.2 Å². The maximum Gasteiger partial charge on any atom is 0.230 e. The number of nitrogens with zero attached hydrogens (tertiary/aromatic N) is 3. The van der Waals surface area contributed by atoms with Crippen LogP contribution in [0.4, 0.5) is 0 Å². The van der Waals surface area contributed by atoms with Crippen molar-refractivity contribution in [2.24, 2.45) is 5.92 Å². The van der Waals surface area contributed by atoms with Crippen molar-refractivity contribution >= 4 is 11.6 Å². The Morgan fingerprint density at radius 1 is 1.25 bits per heavy atom. The van der Waals surface area contributed by atoms with Crippen LogP contribution in [0.25, 0.3) is 0 Å². The van der Waals surface area contributed by atoms with E-state index in [0.29, 0.717) is 24.2 Å². The minimum absolute atomic E-state index is 0.205. The van der Waals surface area contributed by atoms with Crippen LogP contribution in [0.2, 0.25) is 5.02 Å². The van der Waals surface area contributed by atoms with E-state index in [1.165, 1.54) is 0 Å². The first-order valence-corrected chi connectivity index (χ1v) is 7.10. The van der Waals surface area contributed by atoms with Crippen molar-refractivity contribution < 1.29 is 4.42 Å². The highest BCUT2D eigenvalue weighted by Crippen LogP contribution is 2.33. The topological polar surface area (TPSA) is 42.2 Å². The molecule has 0 N–H and O–H groups in total. The summed E-state index contributed by atoms with van der Waals surface area (Å²) >= 11 is 6.34. The van der Waals surface area contributed by atoms with E-state index in [2.05, 4.69) is 35.0 Å². The zero-order valence-corrected chi connectivity index (χ0v) is 13.1. The Hall–Kier alpha value is -1.39. The molecule has 2 rings (SSSR count). The lowest BCUT2D eigenvalue weighted by Crippen LogP contribution is -2.28. The maximum absolute atomic E-state index is 6.34. The first-order chi connectivity index (χ1) is 9.49. The van der Waals surface area contributed by atoms with E-state index in [1.807, 2.05) is 25.2 Å². The third-order valence-corrected chi connectivity index (χ3v) is 3.63. The number of rotatable bonds is 5. The van der Waals surface area contributed by atoms with Gasteiger partial charge in [0.15, 0.2) is 0 Å². The van der Waals surface area contributed by atoms with Gasteiger partial charge >= 0.3 is 0 Å². The fourth-order valence-electron chi connectivity index (χ4n) is 2.53. The molecule has 4 nitrogen and oxygen atoms in total. The minimum atomic E-state index is 0.205. The Balaban J connectivity index is 2.22. The van der Waals surface area contributed by atoms with Gasteiger partial charge in [0.2, 0.25) is 11.8 Å². The van der Waals surface area contributed by atoms with E-state index in [9.17, 15) is 0 Å². The zero-order chi connectivity index (χ0) is 14.7. The first kappa shape index (κ1) is 15.0. The quantitative estimate of drug-likeness (QED) is 0.839. The van der Waals surface area contributed by atoms with Crippen molar-refractivity contribution in [2.45, 2.75) is 33.4 Å². The van der Waals surface area contributed by atoms with Crippen LogP contribution in [0, 0.1) is 12.8 Å². The molecule has 0 radical (unpaired) electrons. The van der Waals surface area contributed by atoms with Crippen LogP contribution in [-0.4, -0.2) is 22.1 Å². The highest BCUT2D eigenvalue weighted by Gasteiger charge is 2.24. The summed E-state index contributed by atoms with van der Waals surface area (Å²) < 4.78 is 5.45. The van der Waals surface area contributed by atoms with Crippen molar-refractivity contribution in [1.82, 2.24) is 15.1 Å². The molecule has 0 unspecified atom stereocenters. The van der Waals surface area contributed by atoms with Crippen molar-refractivity contribution in [3.05, 3.63) is 46.6 Å². The van der Waals surface area contributed by atoms with Gasteiger partial charge in [-0.2, -0.15) is 0 Å². The monoisotopic (exact) mass is 293 g/mol. The zero-order valence-electron chi connectivity index (χ0n) is 12.3. The van der Waals surface area contributed by atoms with Gasteiger partial charge in [0.05, 0.1) is 6.54 Å². The molecule has 0 amide bonds. The van der Waals surface area contributed by atoms with Gasteiger partial charge in [-0.25, -0.2) is 0 Å². The Labute approximate surface area is 124 Å². The molecule has 1 atom stereocenters. The van der Waals surface area contributed by atoms with E-state index in [4.69, 9.17) is 16.0 Å². The molecule has 0 aliphatic heterocycles. The molecule has 2 aromatic rings. The Kier molecular flexibility index (Phi) is 4.78. The molecule has 108 valence electrons. The SMILES string of the molecule is Cc1nnc(CN(C)[C@H](c2ccccc2Cl)C(C)C)o1. The molecule has 0 aliphatic rings. The lowest BCUT2D eigenvalue weighted by Gasteiger charge is -2.31. The van der Waals surface area contributed by atoms with Crippen LogP contribution >= 0.6 is 11.6 Å². The van der Waals surface area contributed by atoms with Crippen LogP contribution in [0.3, 0.4) is 0 Å². The summed E-state index contributed by atoms with van der Waals surface area (Å²) in [6.45, 7) is 6.77. The van der Waals surface area contributed by atoms with Crippen LogP contribution in [-0.2, 0) is 6.54 Å². The van der Waals surface area contributed by atoms with Crippen molar-refractivity contribution in [3.8, 4) is 0 Å². The summed E-state index contributed by atoms with van der Waals surface area (Å²) in [5.41, 5.74) is 1.13.